The molecule has 1 fully saturated rings. The van der Waals surface area contributed by atoms with E-state index in [1.54, 1.807) is 51.5 Å². The Morgan fingerprint density at radius 2 is 1.74 bits per heavy atom. The molecule has 13 nitrogen and oxygen atoms in total. The minimum Gasteiger partial charge on any atom is -0.444 e. The summed E-state index contributed by atoms with van der Waals surface area (Å²) in [5, 5.41) is 18.5. The van der Waals surface area contributed by atoms with Crippen LogP contribution < -0.4 is 16.0 Å². The van der Waals surface area contributed by atoms with E-state index in [0.29, 0.717) is 0 Å². The molecule has 3 atom stereocenters. The van der Waals surface area contributed by atoms with E-state index in [0.717, 1.165) is 21.7 Å². The van der Waals surface area contributed by atoms with Crippen molar-refractivity contribution in [3.8, 4) is 10.4 Å². The van der Waals surface area contributed by atoms with Crippen LogP contribution in [-0.2, 0) is 35.1 Å². The standard InChI is InChI=1S/C32H47N5O8S2/c1-20-26(47-19-35-20)22-9-7-21(8-10-22)16-34-28(40)24-15-23(38)17-37(24)29(41)27(32(5,6)46)36-25(39)18-44-14-13-43-12-11-33-30(42)45-31(2,3)4/h7-10,19,23-24,27,38,46H,11-18H2,1-6H3,(H,33,42)(H,34,40)(H,36,39)/t23-,24+,27-/m1/s1. The van der Waals surface area contributed by atoms with Crippen molar-refractivity contribution in [1.29, 1.82) is 0 Å². The Morgan fingerprint density at radius 1 is 1.06 bits per heavy atom. The number of nitrogens with zero attached hydrogens (tertiary/aromatic N) is 2. The number of carbonyl (C=O) groups excluding carboxylic acids is 4. The summed E-state index contributed by atoms with van der Waals surface area (Å²) in [4.78, 5) is 58.0. The maximum Gasteiger partial charge on any atom is 0.407 e. The number of rotatable bonds is 15. The number of amides is 4. The normalized spacial score (nSPS) is 17.2. The van der Waals surface area contributed by atoms with Crippen LogP contribution >= 0.6 is 24.0 Å². The van der Waals surface area contributed by atoms with Crippen LogP contribution in [0, 0.1) is 6.92 Å². The molecule has 0 unspecified atom stereocenters. The first-order valence-electron chi connectivity index (χ1n) is 15.4. The predicted octanol–water partition coefficient (Wildman–Crippen LogP) is 2.45. The van der Waals surface area contributed by atoms with Crippen LogP contribution in [0.5, 0.6) is 0 Å². The predicted molar refractivity (Wildman–Crippen MR) is 181 cm³/mol. The van der Waals surface area contributed by atoms with E-state index in [1.165, 1.54) is 4.90 Å². The molecule has 2 heterocycles. The number of aliphatic hydroxyl groups excluding tert-OH is 1. The van der Waals surface area contributed by atoms with Crippen LogP contribution in [0.2, 0.25) is 0 Å². The molecular weight excluding hydrogens is 647 g/mol. The average Bonchev–Trinajstić information content (AvgIpc) is 3.59. The Labute approximate surface area is 285 Å². The molecule has 4 amide bonds. The monoisotopic (exact) mass is 693 g/mol. The lowest BCUT2D eigenvalue weighted by Gasteiger charge is -2.34. The van der Waals surface area contributed by atoms with E-state index < -0.39 is 52.4 Å². The fraction of sp³-hybridized carbons (Fsp3) is 0.594. The van der Waals surface area contributed by atoms with Crippen LogP contribution in [0.3, 0.4) is 0 Å². The van der Waals surface area contributed by atoms with Crippen LogP contribution in [0.15, 0.2) is 29.8 Å². The number of β-amino-alcohol motifs (C(OH)–C–C–N with tert-alkyl or cyclic N) is 1. The van der Waals surface area contributed by atoms with Crippen LogP contribution in [0.25, 0.3) is 10.4 Å². The van der Waals surface area contributed by atoms with Crippen molar-refractivity contribution in [3.63, 3.8) is 0 Å². The first kappa shape index (κ1) is 38.2. The number of aryl methyl sites for hydroxylation is 1. The van der Waals surface area contributed by atoms with Gasteiger partial charge in [0, 0.05) is 30.8 Å². The van der Waals surface area contributed by atoms with E-state index in [2.05, 4.69) is 33.6 Å². The lowest BCUT2D eigenvalue weighted by molar-refractivity contribution is -0.142. The molecule has 1 aromatic carbocycles. The highest BCUT2D eigenvalue weighted by Gasteiger charge is 2.44. The van der Waals surface area contributed by atoms with Gasteiger partial charge in [-0.25, -0.2) is 9.78 Å². The molecular formula is C32H47N5O8S2. The third-order valence-electron chi connectivity index (χ3n) is 7.07. The Morgan fingerprint density at radius 3 is 2.36 bits per heavy atom. The molecule has 1 aliphatic heterocycles. The highest BCUT2D eigenvalue weighted by atomic mass is 32.1. The number of nitrogens with one attached hydrogen (secondary N) is 3. The fourth-order valence-electron chi connectivity index (χ4n) is 4.80. The Kier molecular flexibility index (Phi) is 14.0. The summed E-state index contributed by atoms with van der Waals surface area (Å²) in [6.07, 6.45) is -1.35. The van der Waals surface area contributed by atoms with Gasteiger partial charge in [-0.2, -0.15) is 12.6 Å². The molecule has 2 aromatic rings. The van der Waals surface area contributed by atoms with Crippen LogP contribution in [0.4, 0.5) is 4.79 Å². The zero-order valence-electron chi connectivity index (χ0n) is 27.8. The van der Waals surface area contributed by atoms with Gasteiger partial charge in [0.05, 0.1) is 42.0 Å². The van der Waals surface area contributed by atoms with Gasteiger partial charge in [-0.1, -0.05) is 24.3 Å². The Bertz CT molecular complexity index is 1360. The van der Waals surface area contributed by atoms with Gasteiger partial charge in [-0.3, -0.25) is 14.4 Å². The number of alkyl carbamates (subject to hydrolysis) is 1. The molecule has 0 spiro atoms. The van der Waals surface area contributed by atoms with Crippen molar-refractivity contribution in [2.75, 3.05) is 39.5 Å². The number of benzene rings is 1. The van der Waals surface area contributed by atoms with Crippen molar-refractivity contribution >= 4 is 47.8 Å². The highest BCUT2D eigenvalue weighted by molar-refractivity contribution is 7.81. The molecule has 260 valence electrons. The van der Waals surface area contributed by atoms with Gasteiger partial charge in [0.15, 0.2) is 0 Å². The number of carbonyl (C=O) groups is 4. The lowest BCUT2D eigenvalue weighted by atomic mass is 10.0. The van der Waals surface area contributed by atoms with Crippen molar-refractivity contribution in [1.82, 2.24) is 25.8 Å². The molecule has 3 rings (SSSR count). The highest BCUT2D eigenvalue weighted by Crippen LogP contribution is 2.28. The first-order chi connectivity index (χ1) is 22.0. The van der Waals surface area contributed by atoms with Gasteiger partial charge in [0.25, 0.3) is 0 Å². The second-order valence-electron chi connectivity index (χ2n) is 12.8. The van der Waals surface area contributed by atoms with Gasteiger partial charge >= 0.3 is 6.09 Å². The minimum atomic E-state index is -1.10. The molecule has 0 radical (unpaired) electrons. The first-order valence-corrected chi connectivity index (χ1v) is 16.8. The van der Waals surface area contributed by atoms with Gasteiger partial charge < -0.3 is 40.2 Å². The summed E-state index contributed by atoms with van der Waals surface area (Å²) in [7, 11) is 0. The summed E-state index contributed by atoms with van der Waals surface area (Å²) in [5.74, 6) is -1.47. The number of ether oxygens (including phenoxy) is 3. The fourth-order valence-corrected chi connectivity index (χ4v) is 5.79. The van der Waals surface area contributed by atoms with Crippen LogP contribution in [-0.4, -0.2) is 107 Å². The Balaban J connectivity index is 1.46. The molecule has 0 saturated carbocycles. The molecule has 1 aliphatic rings. The summed E-state index contributed by atoms with van der Waals surface area (Å²) < 4.78 is 14.9. The van der Waals surface area contributed by atoms with Crippen molar-refractivity contribution in [2.45, 2.75) is 83.0 Å². The van der Waals surface area contributed by atoms with E-state index in [-0.39, 0.29) is 52.5 Å². The zero-order valence-corrected chi connectivity index (χ0v) is 29.5. The molecule has 0 bridgehead atoms. The number of thiazole rings is 1. The SMILES string of the molecule is Cc1ncsc1-c1ccc(CNC(=O)[C@@H]2C[C@@H](O)CN2C(=O)[C@@H](NC(=O)COCCOCCNC(=O)OC(C)(C)C)C(C)(C)S)cc1. The smallest absolute Gasteiger partial charge is 0.407 e. The quantitative estimate of drug-likeness (QED) is 0.139. The zero-order chi connectivity index (χ0) is 34.8. The second-order valence-corrected chi connectivity index (χ2v) is 14.8. The number of aromatic nitrogens is 1. The minimum absolute atomic E-state index is 0.0489. The van der Waals surface area contributed by atoms with E-state index in [1.807, 2.05) is 31.2 Å². The maximum absolute atomic E-state index is 13.7. The van der Waals surface area contributed by atoms with Crippen molar-refractivity contribution in [2.24, 2.45) is 0 Å². The van der Waals surface area contributed by atoms with E-state index in [9.17, 15) is 24.3 Å². The molecule has 0 aliphatic carbocycles. The van der Waals surface area contributed by atoms with Gasteiger partial charge in [0.1, 0.15) is 24.3 Å². The molecule has 1 saturated heterocycles. The number of aliphatic hydroxyl groups is 1. The lowest BCUT2D eigenvalue weighted by Crippen LogP contribution is -2.59. The number of thiol groups is 1. The van der Waals surface area contributed by atoms with Crippen molar-refractivity contribution < 1.29 is 38.5 Å². The summed E-state index contributed by atoms with van der Waals surface area (Å²) >= 11 is 6.12. The summed E-state index contributed by atoms with van der Waals surface area (Å²) in [5.41, 5.74) is 4.09. The van der Waals surface area contributed by atoms with Crippen LogP contribution in [0.1, 0.15) is 52.3 Å². The van der Waals surface area contributed by atoms with Gasteiger partial charge in [-0.05, 0) is 52.7 Å². The third kappa shape index (κ3) is 12.4. The van der Waals surface area contributed by atoms with E-state index in [4.69, 9.17) is 14.2 Å². The van der Waals surface area contributed by atoms with Crippen molar-refractivity contribution in [3.05, 3.63) is 41.0 Å². The van der Waals surface area contributed by atoms with Gasteiger partial charge in [0.2, 0.25) is 17.7 Å². The maximum atomic E-state index is 13.7. The second kappa shape index (κ2) is 17.2. The summed E-state index contributed by atoms with van der Waals surface area (Å²) in [6.45, 7) is 11.3. The third-order valence-corrected chi connectivity index (χ3v) is 8.31. The molecule has 15 heteroatoms. The molecule has 47 heavy (non-hydrogen) atoms. The van der Waals surface area contributed by atoms with E-state index >= 15 is 0 Å². The molecule has 4 N–H and O–H groups in total. The van der Waals surface area contributed by atoms with Gasteiger partial charge in [-0.15, -0.1) is 11.3 Å². The Hall–Kier alpha value is -3.24. The number of hydrogen-bond donors (Lipinski definition) is 5. The topological polar surface area (TPSA) is 168 Å². The summed E-state index contributed by atoms with van der Waals surface area (Å²) in [6, 6.07) is 5.79. The average molecular weight is 694 g/mol. The largest absolute Gasteiger partial charge is 0.444 e. The molecule has 1 aromatic heterocycles. The number of hydrogen-bond acceptors (Lipinski definition) is 11. The number of likely N-dealkylation sites (tertiary alicyclic amines) is 1.